The molecule has 1 saturated heterocycles. The summed E-state index contributed by atoms with van der Waals surface area (Å²) in [6.07, 6.45) is 1.93. The fourth-order valence-corrected chi connectivity index (χ4v) is 2.75. The molecule has 2 rings (SSSR count). The molecule has 7 heteroatoms. The smallest absolute Gasteiger partial charge is 0.313 e. The van der Waals surface area contributed by atoms with Crippen LogP contribution < -0.4 is 0 Å². The number of carbonyl (C=O) groups excluding carboxylic acids is 1. The van der Waals surface area contributed by atoms with Gasteiger partial charge in [0, 0.05) is 25.9 Å². The van der Waals surface area contributed by atoms with Crippen LogP contribution in [0.2, 0.25) is 0 Å². The van der Waals surface area contributed by atoms with Crippen LogP contribution in [-0.4, -0.2) is 58.9 Å². The Morgan fingerprint density at radius 2 is 2.33 bits per heavy atom. The third-order valence-electron chi connectivity index (χ3n) is 3.97. The number of nitrogens with one attached hydrogen (secondary N) is 1. The second-order valence-corrected chi connectivity index (χ2v) is 5.48. The van der Waals surface area contributed by atoms with Gasteiger partial charge in [-0.15, -0.1) is 0 Å². The number of aryl methyl sites for hydroxylation is 1. The van der Waals surface area contributed by atoms with E-state index in [1.165, 1.54) is 7.11 Å². The summed E-state index contributed by atoms with van der Waals surface area (Å²) in [6, 6.07) is 1.72. The van der Waals surface area contributed by atoms with Gasteiger partial charge < -0.3 is 14.7 Å². The Hall–Kier alpha value is -1.89. The number of likely N-dealkylation sites (tertiary alicyclic amines) is 1. The topological polar surface area (TPSA) is 95.5 Å². The van der Waals surface area contributed by atoms with Gasteiger partial charge in [0.05, 0.1) is 6.61 Å². The van der Waals surface area contributed by atoms with E-state index in [0.29, 0.717) is 25.1 Å². The first-order valence-electron chi connectivity index (χ1n) is 7.08. The molecule has 2 heterocycles. The summed E-state index contributed by atoms with van der Waals surface area (Å²) in [4.78, 5) is 25.6. The van der Waals surface area contributed by atoms with Crippen LogP contribution in [0.25, 0.3) is 0 Å². The second kappa shape index (κ2) is 6.26. The first kappa shape index (κ1) is 15.5. The number of carboxylic acid groups (broad SMARTS) is 1. The molecule has 2 N–H and O–H groups in total. The summed E-state index contributed by atoms with van der Waals surface area (Å²) in [5.74, 6) is -1.15. The van der Waals surface area contributed by atoms with Crippen LogP contribution in [-0.2, 0) is 16.0 Å². The lowest BCUT2D eigenvalue weighted by atomic mass is 9.80. The molecule has 1 aliphatic rings. The quantitative estimate of drug-likeness (QED) is 0.842. The number of aromatic nitrogens is 2. The zero-order chi connectivity index (χ0) is 15.5. The molecular formula is C14H21N3O4. The van der Waals surface area contributed by atoms with Gasteiger partial charge in [-0.2, -0.15) is 5.10 Å². The zero-order valence-electron chi connectivity index (χ0n) is 12.4. The van der Waals surface area contributed by atoms with E-state index in [0.717, 1.165) is 12.1 Å². The summed E-state index contributed by atoms with van der Waals surface area (Å²) >= 11 is 0. The highest BCUT2D eigenvalue weighted by atomic mass is 16.5. The van der Waals surface area contributed by atoms with Crippen LogP contribution in [0, 0.1) is 5.41 Å². The molecule has 0 aromatic carbocycles. The van der Waals surface area contributed by atoms with Crippen molar-refractivity contribution in [2.45, 2.75) is 26.2 Å². The fraction of sp³-hybridized carbons (Fsp3) is 0.643. The number of H-pyrrole nitrogens is 1. The van der Waals surface area contributed by atoms with Crippen molar-refractivity contribution in [1.29, 1.82) is 0 Å². The van der Waals surface area contributed by atoms with Gasteiger partial charge in [0.2, 0.25) is 0 Å². The van der Waals surface area contributed by atoms with Gasteiger partial charge in [0.15, 0.2) is 0 Å². The lowest BCUT2D eigenvalue weighted by Gasteiger charge is -2.39. The molecule has 1 aromatic rings. The van der Waals surface area contributed by atoms with Gasteiger partial charge in [-0.05, 0) is 25.3 Å². The molecule has 1 aromatic heterocycles. The molecule has 1 fully saturated rings. The van der Waals surface area contributed by atoms with E-state index in [-0.39, 0.29) is 19.1 Å². The number of aliphatic carboxylic acids is 1. The summed E-state index contributed by atoms with van der Waals surface area (Å²) < 4.78 is 5.06. The van der Waals surface area contributed by atoms with Crippen LogP contribution in [0.1, 0.15) is 35.9 Å². The third-order valence-corrected chi connectivity index (χ3v) is 3.97. The van der Waals surface area contributed by atoms with E-state index < -0.39 is 11.4 Å². The van der Waals surface area contributed by atoms with Crippen molar-refractivity contribution in [3.63, 3.8) is 0 Å². The maximum absolute atomic E-state index is 12.5. The van der Waals surface area contributed by atoms with E-state index in [1.807, 2.05) is 6.92 Å². The van der Waals surface area contributed by atoms with Crippen molar-refractivity contribution in [3.8, 4) is 0 Å². The number of amides is 1. The third kappa shape index (κ3) is 3.07. The van der Waals surface area contributed by atoms with Gasteiger partial charge in [0.25, 0.3) is 5.91 Å². The second-order valence-electron chi connectivity index (χ2n) is 5.48. The molecule has 21 heavy (non-hydrogen) atoms. The van der Waals surface area contributed by atoms with Crippen molar-refractivity contribution in [2.75, 3.05) is 26.8 Å². The Bertz CT molecular complexity index is 524. The van der Waals surface area contributed by atoms with Crippen molar-refractivity contribution >= 4 is 11.9 Å². The number of piperidine rings is 1. The largest absolute Gasteiger partial charge is 0.481 e. The average molecular weight is 295 g/mol. The van der Waals surface area contributed by atoms with Crippen LogP contribution in [0.5, 0.6) is 0 Å². The van der Waals surface area contributed by atoms with E-state index >= 15 is 0 Å². The number of hydrogen-bond acceptors (Lipinski definition) is 4. The van der Waals surface area contributed by atoms with Crippen LogP contribution >= 0.6 is 0 Å². The van der Waals surface area contributed by atoms with E-state index in [2.05, 4.69) is 10.2 Å². The highest BCUT2D eigenvalue weighted by molar-refractivity contribution is 5.93. The molecule has 0 aliphatic carbocycles. The summed E-state index contributed by atoms with van der Waals surface area (Å²) in [7, 11) is 1.48. The Morgan fingerprint density at radius 1 is 1.57 bits per heavy atom. The molecular weight excluding hydrogens is 274 g/mol. The molecule has 7 nitrogen and oxygen atoms in total. The molecule has 0 saturated carbocycles. The normalized spacial score (nSPS) is 22.3. The Labute approximate surface area is 123 Å². The number of methoxy groups -OCH3 is 1. The fourth-order valence-electron chi connectivity index (χ4n) is 2.75. The predicted octanol–water partition coefficient (Wildman–Crippen LogP) is 0.925. The summed E-state index contributed by atoms with van der Waals surface area (Å²) in [5, 5.41) is 16.3. The van der Waals surface area contributed by atoms with Crippen LogP contribution in [0.15, 0.2) is 6.07 Å². The molecule has 0 radical (unpaired) electrons. The van der Waals surface area contributed by atoms with Gasteiger partial charge in [0.1, 0.15) is 11.1 Å². The minimum Gasteiger partial charge on any atom is -0.481 e. The van der Waals surface area contributed by atoms with E-state index in [4.69, 9.17) is 4.74 Å². The minimum atomic E-state index is -1.02. The highest BCUT2D eigenvalue weighted by Gasteiger charge is 2.44. The molecule has 1 aliphatic heterocycles. The van der Waals surface area contributed by atoms with Gasteiger partial charge >= 0.3 is 5.97 Å². The van der Waals surface area contributed by atoms with Crippen LogP contribution in [0.3, 0.4) is 0 Å². The SMILES string of the molecule is CCc1cc(C(=O)N2CCCC(COC)(C(=O)O)C2)n[nH]1. The molecule has 116 valence electrons. The Balaban J connectivity index is 2.16. The first-order valence-corrected chi connectivity index (χ1v) is 7.08. The van der Waals surface area contributed by atoms with Crippen molar-refractivity contribution in [3.05, 3.63) is 17.5 Å². The number of hydrogen-bond donors (Lipinski definition) is 2. The number of nitrogens with zero attached hydrogens (tertiary/aromatic N) is 2. The molecule has 1 atom stereocenters. The minimum absolute atomic E-state index is 0.104. The molecule has 1 amide bonds. The van der Waals surface area contributed by atoms with Crippen molar-refractivity contribution < 1.29 is 19.4 Å². The molecule has 0 bridgehead atoms. The zero-order valence-corrected chi connectivity index (χ0v) is 12.4. The van der Waals surface area contributed by atoms with Gasteiger partial charge in [-0.1, -0.05) is 6.92 Å². The number of rotatable bonds is 5. The van der Waals surface area contributed by atoms with E-state index in [9.17, 15) is 14.7 Å². The molecule has 1 unspecified atom stereocenters. The number of ether oxygens (including phenoxy) is 1. The monoisotopic (exact) mass is 295 g/mol. The number of aromatic amines is 1. The van der Waals surface area contributed by atoms with Gasteiger partial charge in [-0.3, -0.25) is 14.7 Å². The average Bonchev–Trinajstić information content (AvgIpc) is 2.96. The Kier molecular flexibility index (Phi) is 4.62. The maximum atomic E-state index is 12.5. The number of carbonyl (C=O) groups is 2. The predicted molar refractivity (Wildman–Crippen MR) is 75.0 cm³/mol. The highest BCUT2D eigenvalue weighted by Crippen LogP contribution is 2.31. The maximum Gasteiger partial charge on any atom is 0.313 e. The lowest BCUT2D eigenvalue weighted by Crippen LogP contribution is -2.52. The van der Waals surface area contributed by atoms with E-state index in [1.54, 1.807) is 11.0 Å². The number of carboxylic acids is 1. The molecule has 0 spiro atoms. The lowest BCUT2D eigenvalue weighted by molar-refractivity contribution is -0.155. The van der Waals surface area contributed by atoms with Crippen LogP contribution in [0.4, 0.5) is 0 Å². The van der Waals surface area contributed by atoms with Gasteiger partial charge in [-0.25, -0.2) is 0 Å². The van der Waals surface area contributed by atoms with Crippen molar-refractivity contribution in [2.24, 2.45) is 5.41 Å². The summed E-state index contributed by atoms with van der Waals surface area (Å²) in [5.41, 5.74) is 0.203. The first-order chi connectivity index (χ1) is 10.0. The van der Waals surface area contributed by atoms with Crippen molar-refractivity contribution in [1.82, 2.24) is 15.1 Å². The standard InChI is InChI=1S/C14H21N3O4/c1-3-10-7-11(16-15-10)12(18)17-6-4-5-14(8-17,9-21-2)13(19)20/h7H,3-6,8-9H2,1-2H3,(H,15,16)(H,19,20). The summed E-state index contributed by atoms with van der Waals surface area (Å²) in [6.45, 7) is 2.78. The Morgan fingerprint density at radius 3 is 2.90 bits per heavy atom.